The number of nitrogens with two attached hydrogens (primary N) is 1. The first kappa shape index (κ1) is 27.5. The van der Waals surface area contributed by atoms with E-state index in [4.69, 9.17) is 5.73 Å². The minimum absolute atomic E-state index is 0.390. The van der Waals surface area contributed by atoms with Gasteiger partial charge in [0.15, 0.2) is 17.8 Å². The van der Waals surface area contributed by atoms with Crippen molar-refractivity contribution in [2.75, 3.05) is 40.8 Å². The summed E-state index contributed by atoms with van der Waals surface area (Å²) in [4.78, 5) is 17.1. The van der Waals surface area contributed by atoms with Crippen LogP contribution in [0.5, 0.6) is 0 Å². The van der Waals surface area contributed by atoms with Crippen molar-refractivity contribution < 1.29 is 30.6 Å². The summed E-state index contributed by atoms with van der Waals surface area (Å²) >= 11 is -2.77. The number of allylic oxidation sites excluding steroid dienone is 2. The Kier molecular flexibility index (Phi) is 8.27. The summed E-state index contributed by atoms with van der Waals surface area (Å²) in [6.45, 7) is 3.37. The van der Waals surface area contributed by atoms with Crippen LogP contribution in [0.2, 0.25) is 0 Å². The van der Waals surface area contributed by atoms with Gasteiger partial charge in [0.1, 0.15) is 0 Å². The molecule has 1 amide bonds. The number of amides is 1. The van der Waals surface area contributed by atoms with Crippen LogP contribution < -0.4 is 5.73 Å². The van der Waals surface area contributed by atoms with Gasteiger partial charge in [-0.2, -0.15) is 8.10 Å². The fourth-order valence-electron chi connectivity index (χ4n) is 4.81. The highest BCUT2D eigenvalue weighted by Gasteiger charge is 2.61. The van der Waals surface area contributed by atoms with Crippen molar-refractivity contribution >= 4 is 17.2 Å². The van der Waals surface area contributed by atoms with E-state index in [1.165, 1.54) is 4.90 Å². The zero-order valence-electron chi connectivity index (χ0n) is 20.5. The van der Waals surface area contributed by atoms with Crippen LogP contribution in [0.25, 0.3) is 0 Å². The predicted octanol–water partition coefficient (Wildman–Crippen LogP) is 3.36. The number of benzene rings is 1. The molecule has 0 aromatic heterocycles. The largest absolute Gasteiger partial charge is 0.360 e. The van der Waals surface area contributed by atoms with Gasteiger partial charge in [-0.25, -0.2) is 13.2 Å². The smallest absolute Gasteiger partial charge is 0.337 e. The van der Waals surface area contributed by atoms with Crippen LogP contribution in [-0.4, -0.2) is 81.0 Å². The van der Waals surface area contributed by atoms with Crippen molar-refractivity contribution in [3.63, 3.8) is 0 Å². The highest BCUT2D eigenvalue weighted by molar-refractivity contribution is 7.73. The van der Waals surface area contributed by atoms with Gasteiger partial charge in [0.05, 0.1) is 32.1 Å². The standard InChI is InChI=1S/C24H33F3N4O3S/c1-16-21(25)22(26)18(24(28,23(16)27)31(3,4)35(33)34)14-20(32)29(2)19(15-30-12-8-9-13-30)17-10-6-5-7-11-17/h5-7,10-11,19,23H,8-9,12-15,28H2,1-4H3/p+1/t19-,23?,24?/m1/s1. The number of likely N-dealkylation sites (N-methyl/N-ethyl adjacent to an activating group) is 2. The van der Waals surface area contributed by atoms with Gasteiger partial charge in [-0.05, 0) is 38.4 Å². The molecule has 3 N–H and O–H groups in total. The molecule has 194 valence electrons. The Hall–Kier alpha value is -2.05. The number of carbonyl (C=O) groups is 1. The topological polar surface area (TPSA) is 86.9 Å². The lowest BCUT2D eigenvalue weighted by Crippen LogP contribution is -2.72. The van der Waals surface area contributed by atoms with Gasteiger partial charge in [0.2, 0.25) is 11.6 Å². The van der Waals surface area contributed by atoms with E-state index in [-0.39, 0.29) is 6.04 Å². The van der Waals surface area contributed by atoms with Crippen LogP contribution in [0, 0.1) is 0 Å². The van der Waals surface area contributed by atoms with Gasteiger partial charge in [0, 0.05) is 19.2 Å². The Bertz CT molecular complexity index is 1040. The third-order valence-electron chi connectivity index (χ3n) is 7.34. The van der Waals surface area contributed by atoms with E-state index in [0.29, 0.717) is 6.54 Å². The molecule has 11 heteroatoms. The fraction of sp³-hybridized carbons (Fsp3) is 0.542. The average molecular weight is 516 g/mol. The molecule has 0 spiro atoms. The van der Waals surface area contributed by atoms with Crippen molar-refractivity contribution in [3.05, 3.63) is 58.7 Å². The van der Waals surface area contributed by atoms with Gasteiger partial charge in [0.25, 0.3) is 0 Å². The Morgan fingerprint density at radius 3 is 2.37 bits per heavy atom. The third kappa shape index (κ3) is 4.97. The van der Waals surface area contributed by atoms with Crippen molar-refractivity contribution in [2.45, 2.75) is 44.1 Å². The van der Waals surface area contributed by atoms with Crippen molar-refractivity contribution in [1.29, 1.82) is 0 Å². The van der Waals surface area contributed by atoms with Crippen molar-refractivity contribution in [2.24, 2.45) is 5.73 Å². The van der Waals surface area contributed by atoms with E-state index in [0.717, 1.165) is 52.5 Å². The van der Waals surface area contributed by atoms with E-state index in [2.05, 4.69) is 4.90 Å². The molecule has 1 aromatic rings. The molecular formula is C24H34F3N4O3S+. The maximum Gasteiger partial charge on any atom is 0.360 e. The van der Waals surface area contributed by atoms with E-state index in [1.807, 2.05) is 30.3 Å². The first-order chi connectivity index (χ1) is 16.3. The third-order valence-corrected chi connectivity index (χ3v) is 8.42. The van der Waals surface area contributed by atoms with Crippen LogP contribution in [-0.2, 0) is 16.1 Å². The number of nitrogens with zero attached hydrogens (tertiary/aromatic N) is 3. The van der Waals surface area contributed by atoms with Gasteiger partial charge < -0.3 is 9.80 Å². The average Bonchev–Trinajstić information content (AvgIpc) is 3.35. The van der Waals surface area contributed by atoms with Crippen LogP contribution in [0.3, 0.4) is 0 Å². The number of likely N-dealkylation sites (tertiary alicyclic amines) is 1. The molecule has 3 rings (SSSR count). The van der Waals surface area contributed by atoms with Crippen LogP contribution in [0.15, 0.2) is 53.1 Å². The molecular weight excluding hydrogens is 481 g/mol. The molecule has 1 aromatic carbocycles. The maximum atomic E-state index is 15.5. The highest BCUT2D eigenvalue weighted by atomic mass is 32.2. The van der Waals surface area contributed by atoms with Crippen LogP contribution in [0.4, 0.5) is 13.2 Å². The first-order valence-corrected chi connectivity index (χ1v) is 12.6. The monoisotopic (exact) mass is 515 g/mol. The number of carbonyl (C=O) groups excluding carboxylic acids is 1. The molecule has 0 bridgehead atoms. The number of alkyl halides is 1. The highest BCUT2D eigenvalue weighted by Crippen LogP contribution is 2.45. The van der Waals surface area contributed by atoms with Crippen LogP contribution in [0.1, 0.15) is 37.8 Å². The molecule has 4 atom stereocenters. The van der Waals surface area contributed by atoms with Crippen molar-refractivity contribution in [1.82, 2.24) is 9.80 Å². The Labute approximate surface area is 207 Å². The Balaban J connectivity index is 2.00. The summed E-state index contributed by atoms with van der Waals surface area (Å²) in [5, 5.41) is 0. The second kappa shape index (κ2) is 10.5. The zero-order valence-corrected chi connectivity index (χ0v) is 21.3. The van der Waals surface area contributed by atoms with Gasteiger partial charge in [-0.15, -0.1) is 0 Å². The first-order valence-electron chi connectivity index (χ1n) is 11.5. The maximum absolute atomic E-state index is 15.5. The lowest BCUT2D eigenvalue weighted by molar-refractivity contribution is -0.820. The summed E-state index contributed by atoms with van der Waals surface area (Å²) < 4.78 is 66.2. The second-order valence-corrected chi connectivity index (χ2v) is 11.0. The molecule has 35 heavy (non-hydrogen) atoms. The molecule has 7 nitrogen and oxygen atoms in total. The molecule has 2 aliphatic rings. The predicted molar refractivity (Wildman–Crippen MR) is 129 cm³/mol. The normalized spacial score (nSPS) is 25.7. The van der Waals surface area contributed by atoms with E-state index >= 15 is 8.78 Å². The number of hydrogen-bond donors (Lipinski definition) is 2. The minimum atomic E-state index is -2.77. The number of quaternary nitrogens is 1. The lowest BCUT2D eigenvalue weighted by Gasteiger charge is -2.46. The summed E-state index contributed by atoms with van der Waals surface area (Å²) in [5.74, 6) is -3.51. The van der Waals surface area contributed by atoms with Gasteiger partial charge >= 0.3 is 11.3 Å². The SMILES string of the molecule is CC1=C(F)C(F)=C(CC(=O)N(C)[C@H](CN2CCCC2)c2ccccc2)C(N)([N+](C)(C)S(=O)O)C1F. The van der Waals surface area contributed by atoms with E-state index in [9.17, 15) is 17.9 Å². The Morgan fingerprint density at radius 2 is 1.83 bits per heavy atom. The molecule has 1 aliphatic carbocycles. The molecule has 1 heterocycles. The number of halogens is 3. The van der Waals surface area contributed by atoms with Crippen molar-refractivity contribution in [3.8, 4) is 0 Å². The van der Waals surface area contributed by atoms with E-state index < -0.39 is 62.1 Å². The number of hydrogen-bond acceptors (Lipinski definition) is 4. The summed E-state index contributed by atoms with van der Waals surface area (Å²) in [5.41, 5.74) is 3.40. The molecule has 1 aliphatic heterocycles. The second-order valence-electron chi connectivity index (χ2n) is 9.67. The summed E-state index contributed by atoms with van der Waals surface area (Å²) in [6.07, 6.45) is -0.958. The summed E-state index contributed by atoms with van der Waals surface area (Å²) in [6, 6.07) is 8.95. The molecule has 1 saturated heterocycles. The van der Waals surface area contributed by atoms with Gasteiger partial charge in [-0.3, -0.25) is 15.1 Å². The van der Waals surface area contributed by atoms with Crippen LogP contribution >= 0.6 is 0 Å². The molecule has 1 fully saturated rings. The molecule has 0 saturated carbocycles. The zero-order chi connectivity index (χ0) is 26.1. The fourth-order valence-corrected chi connectivity index (χ4v) is 5.27. The van der Waals surface area contributed by atoms with E-state index in [1.54, 1.807) is 7.05 Å². The molecule has 3 unspecified atom stereocenters. The quantitative estimate of drug-likeness (QED) is 0.315. The number of rotatable bonds is 8. The minimum Gasteiger partial charge on any atom is -0.337 e. The lowest BCUT2D eigenvalue weighted by atomic mass is 9.82. The molecule has 0 radical (unpaired) electrons. The van der Waals surface area contributed by atoms with Gasteiger partial charge in [-0.1, -0.05) is 30.3 Å². The summed E-state index contributed by atoms with van der Waals surface area (Å²) in [7, 11) is 3.84. The Morgan fingerprint density at radius 1 is 1.26 bits per heavy atom.